The second-order valence-corrected chi connectivity index (χ2v) is 4.06. The summed E-state index contributed by atoms with van der Waals surface area (Å²) in [4.78, 5) is 13.3. The van der Waals surface area contributed by atoms with E-state index in [-0.39, 0.29) is 12.4 Å². The lowest BCUT2D eigenvalue weighted by atomic mass is 10.00. The summed E-state index contributed by atoms with van der Waals surface area (Å²) < 4.78 is 0. The Kier molecular flexibility index (Phi) is 2.73. The van der Waals surface area contributed by atoms with Crippen molar-refractivity contribution in [1.82, 2.24) is 0 Å². The molecule has 3 nitrogen and oxygen atoms in total. The average Bonchev–Trinajstić information content (AvgIpc) is 2.17. The number of carbonyl (C=O) groups is 1. The van der Waals surface area contributed by atoms with E-state index in [9.17, 15) is 4.79 Å². The summed E-state index contributed by atoms with van der Waals surface area (Å²) in [6.07, 6.45) is 0. The Morgan fingerprint density at radius 3 is 2.47 bits per heavy atom. The standard InChI is InChI=1S/C12H15NO2/c1-9(15)11-2-4-12(5-3-11)13-6-10(7-13)8-14/h2-5,10,14H,6-8H2,1H3. The molecular formula is C12H15NO2. The SMILES string of the molecule is CC(=O)c1ccc(N2CC(CO)C2)cc1. The predicted molar refractivity (Wildman–Crippen MR) is 59.2 cm³/mol. The van der Waals surface area contributed by atoms with Crippen molar-refractivity contribution in [1.29, 1.82) is 0 Å². The summed E-state index contributed by atoms with van der Waals surface area (Å²) in [5, 5.41) is 8.90. The smallest absolute Gasteiger partial charge is 0.159 e. The molecule has 15 heavy (non-hydrogen) atoms. The minimum absolute atomic E-state index is 0.0957. The Hall–Kier alpha value is -1.35. The molecule has 0 radical (unpaired) electrons. The Bertz CT molecular complexity index is 352. The first-order valence-corrected chi connectivity index (χ1v) is 5.17. The molecule has 1 fully saturated rings. The van der Waals surface area contributed by atoms with Crippen LogP contribution in [0.3, 0.4) is 0 Å². The third kappa shape index (κ3) is 2.02. The van der Waals surface area contributed by atoms with Gasteiger partial charge in [-0.3, -0.25) is 4.79 Å². The maximum Gasteiger partial charge on any atom is 0.159 e. The zero-order valence-corrected chi connectivity index (χ0v) is 8.81. The second kappa shape index (κ2) is 4.03. The number of hydrogen-bond acceptors (Lipinski definition) is 3. The topological polar surface area (TPSA) is 40.5 Å². The van der Waals surface area contributed by atoms with Crippen molar-refractivity contribution in [3.63, 3.8) is 0 Å². The summed E-state index contributed by atoms with van der Waals surface area (Å²) in [5.41, 5.74) is 1.88. The highest BCUT2D eigenvalue weighted by molar-refractivity contribution is 5.94. The maximum atomic E-state index is 11.1. The first-order chi connectivity index (χ1) is 7.20. The lowest BCUT2D eigenvalue weighted by Gasteiger charge is -2.40. The zero-order valence-electron chi connectivity index (χ0n) is 8.81. The van der Waals surface area contributed by atoms with Crippen molar-refractivity contribution in [2.45, 2.75) is 6.92 Å². The number of rotatable bonds is 3. The fourth-order valence-corrected chi connectivity index (χ4v) is 1.80. The average molecular weight is 205 g/mol. The van der Waals surface area contributed by atoms with E-state index >= 15 is 0 Å². The van der Waals surface area contributed by atoms with Crippen molar-refractivity contribution in [3.8, 4) is 0 Å². The molecule has 1 aromatic carbocycles. The number of benzene rings is 1. The first-order valence-electron chi connectivity index (χ1n) is 5.17. The minimum Gasteiger partial charge on any atom is -0.396 e. The number of carbonyl (C=O) groups excluding carboxylic acids is 1. The summed E-state index contributed by atoms with van der Waals surface area (Å²) in [5.74, 6) is 0.510. The number of anilines is 1. The molecule has 80 valence electrons. The summed E-state index contributed by atoms with van der Waals surface area (Å²) in [6.45, 7) is 3.66. The lowest BCUT2D eigenvalue weighted by Crippen LogP contribution is -2.48. The van der Waals surface area contributed by atoms with Gasteiger partial charge in [0.1, 0.15) is 0 Å². The van der Waals surface area contributed by atoms with Crippen LogP contribution in [-0.2, 0) is 0 Å². The molecule has 0 atom stereocenters. The first kappa shape index (κ1) is 10.2. The van der Waals surface area contributed by atoms with Crippen LogP contribution in [0.4, 0.5) is 5.69 Å². The summed E-state index contributed by atoms with van der Waals surface area (Å²) >= 11 is 0. The van der Waals surface area contributed by atoms with Gasteiger partial charge in [0, 0.05) is 36.9 Å². The molecule has 0 aliphatic carbocycles. The maximum absolute atomic E-state index is 11.1. The number of ketones is 1. The van der Waals surface area contributed by atoms with Gasteiger partial charge in [-0.15, -0.1) is 0 Å². The number of aliphatic hydroxyl groups excluding tert-OH is 1. The highest BCUT2D eigenvalue weighted by Gasteiger charge is 2.25. The quantitative estimate of drug-likeness (QED) is 0.756. The molecule has 3 heteroatoms. The van der Waals surface area contributed by atoms with Crippen LogP contribution in [-0.4, -0.2) is 30.6 Å². The molecule has 1 aliphatic rings. The Labute approximate surface area is 89.3 Å². The number of hydrogen-bond donors (Lipinski definition) is 1. The van der Waals surface area contributed by atoms with Crippen LogP contribution in [0.2, 0.25) is 0 Å². The van der Waals surface area contributed by atoms with E-state index < -0.39 is 0 Å². The third-order valence-corrected chi connectivity index (χ3v) is 2.85. The van der Waals surface area contributed by atoms with Gasteiger partial charge in [-0.2, -0.15) is 0 Å². The molecule has 1 aliphatic heterocycles. The van der Waals surface area contributed by atoms with Crippen LogP contribution < -0.4 is 4.90 Å². The van der Waals surface area contributed by atoms with E-state index in [4.69, 9.17) is 5.11 Å². The Balaban J connectivity index is 2.02. The minimum atomic E-state index is 0.0957. The van der Waals surface area contributed by atoms with Gasteiger partial charge in [0.15, 0.2) is 5.78 Å². The monoisotopic (exact) mass is 205 g/mol. The van der Waals surface area contributed by atoms with E-state index in [1.54, 1.807) is 6.92 Å². The van der Waals surface area contributed by atoms with Crippen molar-refractivity contribution in [3.05, 3.63) is 29.8 Å². The Morgan fingerprint density at radius 1 is 1.40 bits per heavy atom. The van der Waals surface area contributed by atoms with Crippen LogP contribution in [0.1, 0.15) is 17.3 Å². The van der Waals surface area contributed by atoms with E-state index in [1.807, 2.05) is 24.3 Å². The normalized spacial score (nSPS) is 16.3. The largest absolute Gasteiger partial charge is 0.396 e. The lowest BCUT2D eigenvalue weighted by molar-refractivity contribution is 0.101. The summed E-state index contributed by atoms with van der Waals surface area (Å²) in [6, 6.07) is 7.63. The molecule has 0 saturated carbocycles. The van der Waals surface area contributed by atoms with Gasteiger partial charge >= 0.3 is 0 Å². The molecule has 0 aromatic heterocycles. The number of Topliss-reactive ketones (excluding diaryl/α,β-unsaturated/α-hetero) is 1. The highest BCUT2D eigenvalue weighted by atomic mass is 16.3. The number of nitrogens with zero attached hydrogens (tertiary/aromatic N) is 1. The van der Waals surface area contributed by atoms with Crippen LogP contribution >= 0.6 is 0 Å². The van der Waals surface area contributed by atoms with Gasteiger partial charge in [0.05, 0.1) is 0 Å². The van der Waals surface area contributed by atoms with E-state index in [0.29, 0.717) is 5.92 Å². The Morgan fingerprint density at radius 2 is 2.00 bits per heavy atom. The van der Waals surface area contributed by atoms with Gasteiger partial charge in [0.25, 0.3) is 0 Å². The molecule has 1 N–H and O–H groups in total. The van der Waals surface area contributed by atoms with Gasteiger partial charge < -0.3 is 10.0 Å². The molecule has 0 bridgehead atoms. The third-order valence-electron chi connectivity index (χ3n) is 2.85. The zero-order chi connectivity index (χ0) is 10.8. The van der Waals surface area contributed by atoms with Gasteiger partial charge in [-0.05, 0) is 31.2 Å². The van der Waals surface area contributed by atoms with Crippen molar-refractivity contribution < 1.29 is 9.90 Å². The van der Waals surface area contributed by atoms with E-state index in [0.717, 1.165) is 24.3 Å². The van der Waals surface area contributed by atoms with Gasteiger partial charge in [-0.1, -0.05) is 0 Å². The predicted octanol–water partition coefficient (Wildman–Crippen LogP) is 1.32. The van der Waals surface area contributed by atoms with Crippen molar-refractivity contribution in [2.24, 2.45) is 5.92 Å². The second-order valence-electron chi connectivity index (χ2n) is 4.06. The van der Waals surface area contributed by atoms with Crippen LogP contribution in [0, 0.1) is 5.92 Å². The van der Waals surface area contributed by atoms with Gasteiger partial charge in [-0.25, -0.2) is 0 Å². The van der Waals surface area contributed by atoms with Crippen LogP contribution in [0.5, 0.6) is 0 Å². The van der Waals surface area contributed by atoms with Crippen molar-refractivity contribution in [2.75, 3.05) is 24.6 Å². The van der Waals surface area contributed by atoms with E-state index in [2.05, 4.69) is 4.90 Å². The summed E-state index contributed by atoms with van der Waals surface area (Å²) in [7, 11) is 0. The van der Waals surface area contributed by atoms with Crippen LogP contribution in [0.15, 0.2) is 24.3 Å². The molecule has 1 heterocycles. The molecule has 0 spiro atoms. The van der Waals surface area contributed by atoms with Crippen LogP contribution in [0.25, 0.3) is 0 Å². The van der Waals surface area contributed by atoms with E-state index in [1.165, 1.54) is 0 Å². The fourth-order valence-electron chi connectivity index (χ4n) is 1.80. The molecule has 0 amide bonds. The molecule has 2 rings (SSSR count). The molecule has 0 unspecified atom stereocenters. The fraction of sp³-hybridized carbons (Fsp3) is 0.417. The number of aliphatic hydroxyl groups is 1. The van der Waals surface area contributed by atoms with Gasteiger partial charge in [0.2, 0.25) is 0 Å². The molecular weight excluding hydrogens is 190 g/mol. The van der Waals surface area contributed by atoms with Crippen molar-refractivity contribution >= 4 is 11.5 Å². The highest BCUT2D eigenvalue weighted by Crippen LogP contribution is 2.24. The molecule has 1 aromatic rings. The molecule has 1 saturated heterocycles.